The second-order valence-corrected chi connectivity index (χ2v) is 11.5. The first-order valence-electron chi connectivity index (χ1n) is 17.9. The molecule has 0 saturated carbocycles. The summed E-state index contributed by atoms with van der Waals surface area (Å²) in [6, 6.07) is 44.6. The summed E-state index contributed by atoms with van der Waals surface area (Å²) in [5.74, 6) is 1.74. The first-order chi connectivity index (χ1) is 25.3. The predicted molar refractivity (Wildman–Crippen MR) is 192 cm³/mol. The SMILES string of the molecule is [2H]c1c([2H])c([2H])c(-c2nc(-c3ccc(-c4ccccc4)cc3)cc(-c3ccc(-c4ccc5c(c4)-c4cccc6cccc(c46)O5)cc3)n2)c([2H])c1[2H]. The van der Waals surface area contributed by atoms with Crippen LogP contribution in [0.25, 0.3) is 78.1 Å². The van der Waals surface area contributed by atoms with Crippen molar-refractivity contribution in [3.63, 3.8) is 0 Å². The van der Waals surface area contributed by atoms with E-state index in [0.29, 0.717) is 11.4 Å². The smallest absolute Gasteiger partial charge is 0.160 e. The molecule has 9 rings (SSSR count). The Kier molecular flexibility index (Phi) is 5.32. The molecule has 1 aliphatic heterocycles. The summed E-state index contributed by atoms with van der Waals surface area (Å²) in [4.78, 5) is 9.59. The van der Waals surface area contributed by atoms with E-state index in [9.17, 15) is 0 Å². The fourth-order valence-corrected chi connectivity index (χ4v) is 6.26. The minimum atomic E-state index is -0.461. The Morgan fingerprint density at radius 2 is 1.02 bits per heavy atom. The van der Waals surface area contributed by atoms with Crippen molar-refractivity contribution in [1.82, 2.24) is 9.97 Å². The fraction of sp³-hybridized carbons (Fsp3) is 0. The van der Waals surface area contributed by atoms with Crippen molar-refractivity contribution in [2.45, 2.75) is 0 Å². The van der Waals surface area contributed by atoms with Gasteiger partial charge in [-0.3, -0.25) is 0 Å². The van der Waals surface area contributed by atoms with E-state index in [1.165, 1.54) is 0 Å². The van der Waals surface area contributed by atoms with Crippen molar-refractivity contribution >= 4 is 10.8 Å². The maximum atomic E-state index is 8.65. The lowest BCUT2D eigenvalue weighted by Gasteiger charge is -2.22. The van der Waals surface area contributed by atoms with E-state index >= 15 is 0 Å². The van der Waals surface area contributed by atoms with E-state index in [0.717, 1.165) is 66.8 Å². The van der Waals surface area contributed by atoms with Gasteiger partial charge in [-0.1, -0.05) is 145 Å². The van der Waals surface area contributed by atoms with Crippen LogP contribution in [0.1, 0.15) is 6.85 Å². The minimum absolute atomic E-state index is 0.0421. The third-order valence-electron chi connectivity index (χ3n) is 8.61. The monoisotopic (exact) mass is 605 g/mol. The molecule has 7 aromatic carbocycles. The molecule has 0 saturated heterocycles. The molecule has 0 radical (unpaired) electrons. The van der Waals surface area contributed by atoms with Gasteiger partial charge in [-0.15, -0.1) is 0 Å². The van der Waals surface area contributed by atoms with Crippen LogP contribution in [-0.2, 0) is 0 Å². The van der Waals surface area contributed by atoms with Crippen LogP contribution in [0.4, 0.5) is 0 Å². The van der Waals surface area contributed by atoms with Gasteiger partial charge in [-0.2, -0.15) is 0 Å². The summed E-state index contributed by atoms with van der Waals surface area (Å²) in [7, 11) is 0. The quantitative estimate of drug-likeness (QED) is 0.196. The zero-order chi connectivity index (χ0) is 35.5. The molecule has 2 heterocycles. The Bertz CT molecular complexity index is 2660. The highest BCUT2D eigenvalue weighted by Gasteiger charge is 2.20. The van der Waals surface area contributed by atoms with Crippen LogP contribution in [0.3, 0.4) is 0 Å². The number of hydrogen-bond donors (Lipinski definition) is 0. The van der Waals surface area contributed by atoms with Gasteiger partial charge in [0, 0.05) is 27.6 Å². The molecule has 1 aromatic heterocycles. The van der Waals surface area contributed by atoms with Crippen LogP contribution < -0.4 is 4.74 Å². The molecule has 8 aromatic rings. The second kappa shape index (κ2) is 11.2. The summed E-state index contributed by atoms with van der Waals surface area (Å²) in [5, 5.41) is 2.24. The molecule has 0 atom stereocenters. The van der Waals surface area contributed by atoms with Gasteiger partial charge in [0.2, 0.25) is 0 Å². The van der Waals surface area contributed by atoms with Crippen molar-refractivity contribution in [3.05, 3.63) is 170 Å². The third-order valence-corrected chi connectivity index (χ3v) is 8.61. The van der Waals surface area contributed by atoms with Gasteiger partial charge in [0.05, 0.1) is 18.2 Å². The second-order valence-electron chi connectivity index (χ2n) is 11.5. The van der Waals surface area contributed by atoms with Gasteiger partial charge in [-0.05, 0) is 57.5 Å². The summed E-state index contributed by atoms with van der Waals surface area (Å²) in [6.07, 6.45) is 0. The summed E-state index contributed by atoms with van der Waals surface area (Å²) >= 11 is 0. The third kappa shape index (κ3) is 4.95. The van der Waals surface area contributed by atoms with Crippen LogP contribution in [0, 0.1) is 0 Å². The lowest BCUT2D eigenvalue weighted by atomic mass is 9.92. The molecule has 1 aliphatic rings. The largest absolute Gasteiger partial charge is 0.456 e. The standard InChI is InChI=1S/C44H28N2O/c1-3-9-29(10-4-1)30-17-21-32(22-18-30)39-28-40(46-44(45-39)35-11-5-2-6-12-35)33-23-19-31(20-24-33)36-25-26-41-38(27-36)37-15-7-13-34-14-8-16-42(47-41)43(34)37/h1-28H/i2D,5D,6D,11D,12D. The zero-order valence-electron chi connectivity index (χ0n) is 30.1. The molecule has 3 nitrogen and oxygen atoms in total. The number of rotatable bonds is 5. The summed E-state index contributed by atoms with van der Waals surface area (Å²) in [5.41, 5.74) is 9.04. The summed E-state index contributed by atoms with van der Waals surface area (Å²) < 4.78 is 48.3. The highest BCUT2D eigenvalue weighted by Crippen LogP contribution is 2.47. The van der Waals surface area contributed by atoms with Crippen molar-refractivity contribution < 1.29 is 11.6 Å². The van der Waals surface area contributed by atoms with Gasteiger partial charge < -0.3 is 4.74 Å². The highest BCUT2D eigenvalue weighted by atomic mass is 16.5. The number of hydrogen-bond acceptors (Lipinski definition) is 3. The molecule has 0 bridgehead atoms. The first kappa shape index (κ1) is 22.2. The fourth-order valence-electron chi connectivity index (χ4n) is 6.26. The Hall–Kier alpha value is -6.32. The van der Waals surface area contributed by atoms with E-state index in [2.05, 4.69) is 48.5 Å². The van der Waals surface area contributed by atoms with Gasteiger partial charge in [0.15, 0.2) is 5.82 Å². The van der Waals surface area contributed by atoms with Crippen molar-refractivity contribution in [1.29, 1.82) is 0 Å². The highest BCUT2D eigenvalue weighted by molar-refractivity contribution is 6.04. The maximum Gasteiger partial charge on any atom is 0.160 e. The van der Waals surface area contributed by atoms with Crippen LogP contribution in [0.15, 0.2) is 170 Å². The molecule has 0 unspecified atom stereocenters. The average Bonchev–Trinajstić information content (AvgIpc) is 3.20. The molecule has 47 heavy (non-hydrogen) atoms. The normalized spacial score (nSPS) is 13.1. The summed E-state index contributed by atoms with van der Waals surface area (Å²) in [6.45, 7) is 0. The lowest BCUT2D eigenvalue weighted by Crippen LogP contribution is -1.97. The Morgan fingerprint density at radius 1 is 0.426 bits per heavy atom. The minimum Gasteiger partial charge on any atom is -0.456 e. The van der Waals surface area contributed by atoms with Gasteiger partial charge in [0.1, 0.15) is 11.5 Å². The number of fused-ring (bicyclic) bond motifs is 2. The zero-order valence-corrected chi connectivity index (χ0v) is 25.1. The van der Waals surface area contributed by atoms with Gasteiger partial charge in [0.25, 0.3) is 0 Å². The number of benzene rings is 7. The molecule has 220 valence electrons. The molecule has 3 heteroatoms. The molecular formula is C44H28N2O. The molecule has 0 spiro atoms. The van der Waals surface area contributed by atoms with Crippen LogP contribution >= 0.6 is 0 Å². The van der Waals surface area contributed by atoms with Gasteiger partial charge in [-0.25, -0.2) is 9.97 Å². The molecular weight excluding hydrogens is 572 g/mol. The van der Waals surface area contributed by atoms with Crippen LogP contribution in [0.5, 0.6) is 11.5 Å². The van der Waals surface area contributed by atoms with E-state index in [-0.39, 0.29) is 23.5 Å². The molecule has 0 N–H and O–H groups in total. The van der Waals surface area contributed by atoms with Crippen molar-refractivity contribution in [2.75, 3.05) is 0 Å². The molecule has 0 aliphatic carbocycles. The van der Waals surface area contributed by atoms with Crippen LogP contribution in [-0.4, -0.2) is 9.97 Å². The van der Waals surface area contributed by atoms with Crippen molar-refractivity contribution in [2.24, 2.45) is 0 Å². The van der Waals surface area contributed by atoms with Crippen LogP contribution in [0.2, 0.25) is 0 Å². The lowest BCUT2D eigenvalue weighted by molar-refractivity contribution is 0.487. The Labute approximate surface area is 280 Å². The number of aromatic nitrogens is 2. The number of ether oxygens (including phenoxy) is 1. The van der Waals surface area contributed by atoms with E-state index in [1.54, 1.807) is 0 Å². The molecule has 0 amide bonds. The Balaban J connectivity index is 1.13. The van der Waals surface area contributed by atoms with Crippen molar-refractivity contribution in [3.8, 4) is 78.8 Å². The maximum absolute atomic E-state index is 8.65. The van der Waals surface area contributed by atoms with E-state index in [1.807, 2.05) is 91.0 Å². The van der Waals surface area contributed by atoms with Gasteiger partial charge >= 0.3 is 0 Å². The molecule has 0 fully saturated rings. The first-order valence-corrected chi connectivity index (χ1v) is 15.4. The van der Waals surface area contributed by atoms with E-state index in [4.69, 9.17) is 21.6 Å². The average molecular weight is 606 g/mol. The van der Waals surface area contributed by atoms with E-state index < -0.39 is 18.1 Å². The predicted octanol–water partition coefficient (Wildman–Crippen LogP) is 11.7. The topological polar surface area (TPSA) is 35.0 Å². The Morgan fingerprint density at radius 3 is 1.72 bits per heavy atom. The number of nitrogens with zero attached hydrogens (tertiary/aromatic N) is 2.